The molecule has 0 bridgehead atoms. The topological polar surface area (TPSA) is 52.6 Å². The van der Waals surface area contributed by atoms with E-state index in [0.29, 0.717) is 10.8 Å². The Morgan fingerprint density at radius 2 is 1.89 bits per heavy atom. The molecule has 4 nitrogen and oxygen atoms in total. The van der Waals surface area contributed by atoms with E-state index in [1.807, 2.05) is 0 Å². The molecule has 19 heavy (non-hydrogen) atoms. The molecule has 0 saturated heterocycles. The lowest BCUT2D eigenvalue weighted by Crippen LogP contribution is -2.38. The van der Waals surface area contributed by atoms with Crippen LogP contribution in [0.1, 0.15) is 20.8 Å². The van der Waals surface area contributed by atoms with E-state index in [9.17, 15) is 9.59 Å². The summed E-state index contributed by atoms with van der Waals surface area (Å²) in [5.74, 6) is -0.495. The zero-order chi connectivity index (χ0) is 14.5. The summed E-state index contributed by atoms with van der Waals surface area (Å²) < 4.78 is 10.2. The molecule has 0 aliphatic rings. The van der Waals surface area contributed by atoms with Gasteiger partial charge in [-0.15, -0.1) is 0 Å². The molecule has 1 aromatic carbocycles. The van der Waals surface area contributed by atoms with Crippen LogP contribution in [0.15, 0.2) is 24.3 Å². The molecule has 5 heteroatoms. The number of carbonyl (C=O) groups excluding carboxylic acids is 2. The molecule has 1 aromatic rings. The maximum atomic E-state index is 12.0. The van der Waals surface area contributed by atoms with Gasteiger partial charge < -0.3 is 9.47 Å². The van der Waals surface area contributed by atoms with Gasteiger partial charge in [-0.25, -0.2) is 0 Å². The lowest BCUT2D eigenvalue weighted by Gasteiger charge is -2.20. The molecule has 0 N–H and O–H groups in total. The van der Waals surface area contributed by atoms with Crippen LogP contribution in [0.3, 0.4) is 0 Å². The molecule has 1 rings (SSSR count). The van der Waals surface area contributed by atoms with Gasteiger partial charge in [0.1, 0.15) is 17.8 Å². The molecule has 0 aromatic heterocycles. The Morgan fingerprint density at radius 1 is 1.26 bits per heavy atom. The number of hydrogen-bond donors (Lipinski definition) is 0. The molecule has 0 aliphatic heterocycles. The summed E-state index contributed by atoms with van der Waals surface area (Å²) in [5, 5.41) is 0.421. The van der Waals surface area contributed by atoms with E-state index >= 15 is 0 Å². The monoisotopic (exact) mass is 284 g/mol. The third kappa shape index (κ3) is 3.96. The number of ether oxygens (including phenoxy) is 2. The number of hydrogen-bond acceptors (Lipinski definition) is 4. The molecule has 104 valence electrons. The molecule has 0 saturated carbocycles. The number of carbonyl (C=O) groups is 2. The Kier molecular flexibility index (Phi) is 5.36. The minimum atomic E-state index is -1.22. The van der Waals surface area contributed by atoms with Crippen LogP contribution in [0, 0.1) is 5.41 Å². The van der Waals surface area contributed by atoms with Crippen molar-refractivity contribution in [3.8, 4) is 5.75 Å². The summed E-state index contributed by atoms with van der Waals surface area (Å²) >= 11 is 5.91. The average Bonchev–Trinajstić information content (AvgIpc) is 2.37. The molecule has 0 unspecified atom stereocenters. The number of esters is 1. The highest BCUT2D eigenvalue weighted by Crippen LogP contribution is 2.25. The Morgan fingerprint density at radius 3 is 2.47 bits per heavy atom. The van der Waals surface area contributed by atoms with Gasteiger partial charge in [0.2, 0.25) is 0 Å². The summed E-state index contributed by atoms with van der Waals surface area (Å²) in [7, 11) is 0. The van der Waals surface area contributed by atoms with E-state index in [1.54, 1.807) is 31.2 Å². The van der Waals surface area contributed by atoms with Crippen LogP contribution in [-0.2, 0) is 14.3 Å². The van der Waals surface area contributed by atoms with Gasteiger partial charge in [-0.2, -0.15) is 0 Å². The summed E-state index contributed by atoms with van der Waals surface area (Å²) in [4.78, 5) is 23.7. The van der Waals surface area contributed by atoms with Crippen molar-refractivity contribution in [1.29, 1.82) is 0 Å². The SMILES string of the molecule is CCOC(=O)C(C)(C)C(=O)COc1ccccc1Cl. The van der Waals surface area contributed by atoms with E-state index < -0.39 is 11.4 Å². The second kappa shape index (κ2) is 6.57. The summed E-state index contributed by atoms with van der Waals surface area (Å²) in [6.45, 7) is 4.74. The first kappa shape index (κ1) is 15.5. The zero-order valence-corrected chi connectivity index (χ0v) is 12.0. The van der Waals surface area contributed by atoms with Gasteiger partial charge in [-0.1, -0.05) is 23.7 Å². The Balaban J connectivity index is 2.65. The fraction of sp³-hybridized carbons (Fsp3) is 0.429. The van der Waals surface area contributed by atoms with Gasteiger partial charge in [0, 0.05) is 0 Å². The molecule has 0 amide bonds. The summed E-state index contributed by atoms with van der Waals surface area (Å²) in [6.07, 6.45) is 0. The van der Waals surface area contributed by atoms with Crippen LogP contribution in [0.5, 0.6) is 5.75 Å². The number of Topliss-reactive ketones (excluding diaryl/α,β-unsaturated/α-hetero) is 1. The number of rotatable bonds is 6. The number of para-hydroxylation sites is 1. The van der Waals surface area contributed by atoms with Crippen LogP contribution in [0.25, 0.3) is 0 Å². The normalized spacial score (nSPS) is 10.9. The van der Waals surface area contributed by atoms with Crippen molar-refractivity contribution in [3.05, 3.63) is 29.3 Å². The van der Waals surface area contributed by atoms with Crippen LogP contribution >= 0.6 is 11.6 Å². The average molecular weight is 285 g/mol. The van der Waals surface area contributed by atoms with Crippen molar-refractivity contribution in [2.75, 3.05) is 13.2 Å². The molecular formula is C14H17ClO4. The van der Waals surface area contributed by atoms with Crippen LogP contribution in [0.2, 0.25) is 5.02 Å². The second-order valence-corrected chi connectivity index (χ2v) is 4.89. The van der Waals surface area contributed by atoms with E-state index in [0.717, 1.165) is 0 Å². The van der Waals surface area contributed by atoms with Gasteiger partial charge in [-0.3, -0.25) is 9.59 Å². The van der Waals surface area contributed by atoms with Crippen LogP contribution in [0.4, 0.5) is 0 Å². The lowest BCUT2D eigenvalue weighted by atomic mass is 9.88. The third-order valence-electron chi connectivity index (χ3n) is 2.68. The highest BCUT2D eigenvalue weighted by Gasteiger charge is 2.37. The van der Waals surface area contributed by atoms with Crippen LogP contribution < -0.4 is 4.74 Å². The standard InChI is InChI=1S/C14H17ClO4/c1-4-18-13(17)14(2,3)12(16)9-19-11-8-6-5-7-10(11)15/h5-8H,4,9H2,1-3H3. The fourth-order valence-electron chi connectivity index (χ4n) is 1.31. The minimum Gasteiger partial charge on any atom is -0.484 e. The fourth-order valence-corrected chi connectivity index (χ4v) is 1.50. The quantitative estimate of drug-likeness (QED) is 0.595. The first-order valence-corrected chi connectivity index (χ1v) is 6.35. The largest absolute Gasteiger partial charge is 0.484 e. The van der Waals surface area contributed by atoms with Gasteiger partial charge in [-0.05, 0) is 32.9 Å². The molecule has 0 spiro atoms. The number of halogens is 1. The van der Waals surface area contributed by atoms with Crippen molar-refractivity contribution in [2.24, 2.45) is 5.41 Å². The molecule has 0 heterocycles. The Bertz CT molecular complexity index is 468. The van der Waals surface area contributed by atoms with Crippen molar-refractivity contribution in [3.63, 3.8) is 0 Å². The highest BCUT2D eigenvalue weighted by molar-refractivity contribution is 6.32. The van der Waals surface area contributed by atoms with Gasteiger partial charge in [0.25, 0.3) is 0 Å². The minimum absolute atomic E-state index is 0.227. The smallest absolute Gasteiger partial charge is 0.319 e. The predicted octanol–water partition coefficient (Wildman–Crippen LogP) is 2.88. The van der Waals surface area contributed by atoms with Crippen molar-refractivity contribution in [1.82, 2.24) is 0 Å². The molecule has 0 radical (unpaired) electrons. The van der Waals surface area contributed by atoms with Gasteiger partial charge in [0.15, 0.2) is 5.78 Å². The Labute approximate surface area is 117 Å². The second-order valence-electron chi connectivity index (χ2n) is 4.49. The van der Waals surface area contributed by atoms with Gasteiger partial charge in [0.05, 0.1) is 11.6 Å². The summed E-state index contributed by atoms with van der Waals surface area (Å²) in [6, 6.07) is 6.84. The van der Waals surface area contributed by atoms with E-state index in [4.69, 9.17) is 21.1 Å². The van der Waals surface area contributed by atoms with E-state index in [2.05, 4.69) is 0 Å². The van der Waals surface area contributed by atoms with Crippen molar-refractivity contribution in [2.45, 2.75) is 20.8 Å². The maximum absolute atomic E-state index is 12.0. The first-order chi connectivity index (χ1) is 8.89. The molecular weight excluding hydrogens is 268 g/mol. The van der Waals surface area contributed by atoms with Gasteiger partial charge >= 0.3 is 5.97 Å². The molecule has 0 aliphatic carbocycles. The molecule has 0 atom stereocenters. The zero-order valence-electron chi connectivity index (χ0n) is 11.2. The van der Waals surface area contributed by atoms with Crippen LogP contribution in [-0.4, -0.2) is 25.0 Å². The van der Waals surface area contributed by atoms with E-state index in [-0.39, 0.29) is 19.0 Å². The van der Waals surface area contributed by atoms with Crippen molar-refractivity contribution < 1.29 is 19.1 Å². The van der Waals surface area contributed by atoms with Crippen molar-refractivity contribution >= 4 is 23.4 Å². The Hall–Kier alpha value is -1.55. The predicted molar refractivity (Wildman–Crippen MR) is 72.4 cm³/mol. The highest BCUT2D eigenvalue weighted by atomic mass is 35.5. The lowest BCUT2D eigenvalue weighted by molar-refractivity contribution is -0.158. The maximum Gasteiger partial charge on any atom is 0.319 e. The third-order valence-corrected chi connectivity index (χ3v) is 2.99. The number of ketones is 1. The molecule has 0 fully saturated rings. The number of benzene rings is 1. The summed E-state index contributed by atoms with van der Waals surface area (Å²) in [5.41, 5.74) is -1.22. The van der Waals surface area contributed by atoms with E-state index in [1.165, 1.54) is 13.8 Å². The first-order valence-electron chi connectivity index (χ1n) is 5.97.